The Morgan fingerprint density at radius 2 is 1.88 bits per heavy atom. The topological polar surface area (TPSA) is 70.3 Å². The summed E-state index contributed by atoms with van der Waals surface area (Å²) in [5.74, 6) is 0.284. The lowest BCUT2D eigenvalue weighted by molar-refractivity contribution is -0.138. The Bertz CT molecular complexity index is 1110. The average molecular weight is 492 g/mol. The lowest BCUT2D eigenvalue weighted by Gasteiger charge is -2.16. The maximum absolute atomic E-state index is 13.7. The first-order valence-corrected chi connectivity index (χ1v) is 12.0. The van der Waals surface area contributed by atoms with E-state index in [-0.39, 0.29) is 23.8 Å². The molecule has 3 aromatic rings. The van der Waals surface area contributed by atoms with E-state index in [1.54, 1.807) is 6.07 Å². The van der Waals surface area contributed by atoms with Crippen molar-refractivity contribution in [3.05, 3.63) is 64.7 Å². The number of alkyl halides is 3. The van der Waals surface area contributed by atoms with Crippen molar-refractivity contribution in [3.63, 3.8) is 0 Å². The number of nitrogens with two attached hydrogens (primary N) is 1. The summed E-state index contributed by atoms with van der Waals surface area (Å²) < 4.78 is 52.3. The van der Waals surface area contributed by atoms with E-state index in [1.165, 1.54) is 17.4 Å². The lowest BCUT2D eigenvalue weighted by Crippen LogP contribution is -2.21. The highest BCUT2D eigenvalue weighted by Gasteiger charge is 2.52. The Kier molecular flexibility index (Phi) is 7.25. The number of nitrogens with zero attached hydrogens (tertiary/aromatic N) is 2. The Hall–Kier alpha value is -2.49. The third kappa shape index (κ3) is 5.59. The van der Waals surface area contributed by atoms with Crippen molar-refractivity contribution in [1.82, 2.24) is 10.2 Å². The van der Waals surface area contributed by atoms with E-state index in [1.807, 2.05) is 30.3 Å². The van der Waals surface area contributed by atoms with E-state index in [2.05, 4.69) is 24.0 Å². The van der Waals surface area contributed by atoms with Gasteiger partial charge in [-0.2, -0.15) is 13.2 Å². The minimum absolute atomic E-state index is 0.0313. The van der Waals surface area contributed by atoms with Crippen LogP contribution in [0.15, 0.2) is 48.5 Å². The molecule has 34 heavy (non-hydrogen) atoms. The van der Waals surface area contributed by atoms with Crippen LogP contribution in [0.5, 0.6) is 5.75 Å². The minimum Gasteiger partial charge on any atom is -0.493 e. The van der Waals surface area contributed by atoms with Crippen LogP contribution in [-0.2, 0) is 17.5 Å². The van der Waals surface area contributed by atoms with Gasteiger partial charge in [0.25, 0.3) is 0 Å². The number of hydrogen-bond acceptors (Lipinski definition) is 6. The number of rotatable bonds is 10. The monoisotopic (exact) mass is 491 g/mol. The highest BCUT2D eigenvalue weighted by atomic mass is 32.1. The van der Waals surface area contributed by atoms with Gasteiger partial charge in [0.2, 0.25) is 0 Å². The summed E-state index contributed by atoms with van der Waals surface area (Å²) in [5.41, 5.74) is 6.88. The summed E-state index contributed by atoms with van der Waals surface area (Å²) in [7, 11) is 0. The highest BCUT2D eigenvalue weighted by Crippen LogP contribution is 2.59. The van der Waals surface area contributed by atoms with Crippen LogP contribution < -0.4 is 10.5 Å². The average Bonchev–Trinajstić information content (AvgIpc) is 3.21. The minimum atomic E-state index is -4.56. The molecule has 0 radical (unpaired) electrons. The van der Waals surface area contributed by atoms with E-state index in [0.29, 0.717) is 41.1 Å². The van der Waals surface area contributed by atoms with Gasteiger partial charge in [0, 0.05) is 12.0 Å². The smallest absolute Gasteiger partial charge is 0.419 e. The Morgan fingerprint density at radius 1 is 1.15 bits per heavy atom. The molecule has 3 atom stereocenters. The van der Waals surface area contributed by atoms with Crippen molar-refractivity contribution in [2.75, 3.05) is 13.2 Å². The summed E-state index contributed by atoms with van der Waals surface area (Å²) in [6.45, 7) is 5.19. The number of benzene rings is 2. The van der Waals surface area contributed by atoms with E-state index >= 15 is 0 Å². The van der Waals surface area contributed by atoms with E-state index in [4.69, 9.17) is 15.2 Å². The molecule has 1 saturated carbocycles. The lowest BCUT2D eigenvalue weighted by atomic mass is 9.98. The van der Waals surface area contributed by atoms with Crippen molar-refractivity contribution >= 4 is 11.3 Å². The van der Waals surface area contributed by atoms with Crippen LogP contribution in [-0.4, -0.2) is 23.4 Å². The fourth-order valence-electron chi connectivity index (χ4n) is 3.91. The number of aromatic nitrogens is 2. The fourth-order valence-corrected chi connectivity index (χ4v) is 4.91. The first-order valence-electron chi connectivity index (χ1n) is 11.2. The van der Waals surface area contributed by atoms with Crippen LogP contribution in [0, 0.1) is 11.3 Å². The molecule has 1 aromatic heterocycles. The first-order chi connectivity index (χ1) is 16.2. The molecule has 2 aromatic carbocycles. The standard InChI is InChI=1S/C25H28F3N3O2S/c1-16-14-24(16,2)21(29)23-31-30-22(34-23)18-9-10-20(19(13-18)25(26,27)28)33-12-6-11-32-15-17-7-4-3-5-8-17/h3-5,7-10,13,16,21H,6,11-12,14-15,29H2,1-2H3. The van der Waals surface area contributed by atoms with Crippen LogP contribution in [0.1, 0.15) is 48.9 Å². The molecule has 1 aliphatic rings. The molecule has 0 amide bonds. The summed E-state index contributed by atoms with van der Waals surface area (Å²) in [6, 6.07) is 13.4. The molecule has 0 aliphatic heterocycles. The molecular weight excluding hydrogens is 463 g/mol. The predicted molar refractivity (Wildman–Crippen MR) is 125 cm³/mol. The van der Waals surface area contributed by atoms with Crippen molar-refractivity contribution in [2.24, 2.45) is 17.1 Å². The van der Waals surface area contributed by atoms with Gasteiger partial charge in [0.15, 0.2) is 0 Å². The normalized spacial score (nSPS) is 20.8. The molecule has 4 rings (SSSR count). The summed E-state index contributed by atoms with van der Waals surface area (Å²) >= 11 is 1.24. The van der Waals surface area contributed by atoms with Crippen molar-refractivity contribution < 1.29 is 22.6 Å². The van der Waals surface area contributed by atoms with Gasteiger partial charge in [-0.05, 0) is 41.5 Å². The van der Waals surface area contributed by atoms with Gasteiger partial charge in [-0.15, -0.1) is 10.2 Å². The quantitative estimate of drug-likeness (QED) is 0.339. The van der Waals surface area contributed by atoms with Gasteiger partial charge in [0.1, 0.15) is 15.8 Å². The van der Waals surface area contributed by atoms with E-state index < -0.39 is 11.7 Å². The fraction of sp³-hybridized carbons (Fsp3) is 0.440. The van der Waals surface area contributed by atoms with Crippen LogP contribution in [0.3, 0.4) is 0 Å². The van der Waals surface area contributed by atoms with E-state index in [9.17, 15) is 13.2 Å². The molecule has 9 heteroatoms. The maximum Gasteiger partial charge on any atom is 0.419 e. The second-order valence-electron chi connectivity index (χ2n) is 8.98. The molecule has 1 fully saturated rings. The van der Waals surface area contributed by atoms with Crippen molar-refractivity contribution in [1.29, 1.82) is 0 Å². The van der Waals surface area contributed by atoms with Crippen LogP contribution in [0.2, 0.25) is 0 Å². The number of halogens is 3. The molecule has 0 spiro atoms. The summed E-state index contributed by atoms with van der Waals surface area (Å²) in [6.07, 6.45) is -3.08. The summed E-state index contributed by atoms with van der Waals surface area (Å²) in [5, 5.41) is 9.33. The molecule has 1 aliphatic carbocycles. The van der Waals surface area contributed by atoms with Crippen LogP contribution >= 0.6 is 11.3 Å². The Labute approximate surface area is 201 Å². The third-order valence-corrected chi connectivity index (χ3v) is 7.52. The van der Waals surface area contributed by atoms with Crippen molar-refractivity contribution in [2.45, 2.75) is 45.5 Å². The van der Waals surface area contributed by atoms with Gasteiger partial charge in [0.05, 0.1) is 31.4 Å². The number of hydrogen-bond donors (Lipinski definition) is 1. The zero-order valence-electron chi connectivity index (χ0n) is 19.1. The molecular formula is C25H28F3N3O2S. The Balaban J connectivity index is 1.38. The Morgan fingerprint density at radius 3 is 2.56 bits per heavy atom. The molecule has 2 N–H and O–H groups in total. The van der Waals surface area contributed by atoms with Gasteiger partial charge in [-0.1, -0.05) is 55.5 Å². The van der Waals surface area contributed by atoms with Gasteiger partial charge in [-0.25, -0.2) is 0 Å². The second-order valence-corrected chi connectivity index (χ2v) is 9.99. The third-order valence-electron chi connectivity index (χ3n) is 6.46. The van der Waals surface area contributed by atoms with Crippen LogP contribution in [0.4, 0.5) is 13.2 Å². The maximum atomic E-state index is 13.7. The largest absolute Gasteiger partial charge is 0.493 e. The van der Waals surface area contributed by atoms with Crippen molar-refractivity contribution in [3.8, 4) is 16.3 Å². The number of ether oxygens (including phenoxy) is 2. The molecule has 0 saturated heterocycles. The molecule has 182 valence electrons. The zero-order chi connectivity index (χ0) is 24.3. The first kappa shape index (κ1) is 24.6. The SMILES string of the molecule is CC1CC1(C)C(N)c1nnc(-c2ccc(OCCCOCc3ccccc3)c(C(F)(F)F)c2)s1. The zero-order valence-corrected chi connectivity index (χ0v) is 20.0. The van der Waals surface area contributed by atoms with Gasteiger partial charge in [-0.3, -0.25) is 0 Å². The summed E-state index contributed by atoms with van der Waals surface area (Å²) in [4.78, 5) is 0. The van der Waals surface area contributed by atoms with Crippen LogP contribution in [0.25, 0.3) is 10.6 Å². The van der Waals surface area contributed by atoms with Gasteiger partial charge >= 0.3 is 6.18 Å². The second kappa shape index (κ2) is 10.0. The molecule has 5 nitrogen and oxygen atoms in total. The van der Waals surface area contributed by atoms with E-state index in [0.717, 1.165) is 18.1 Å². The molecule has 3 unspecified atom stereocenters. The molecule has 0 bridgehead atoms. The molecule has 1 heterocycles. The highest BCUT2D eigenvalue weighted by molar-refractivity contribution is 7.14. The van der Waals surface area contributed by atoms with Gasteiger partial charge < -0.3 is 15.2 Å². The predicted octanol–water partition coefficient (Wildman–Crippen LogP) is 6.26.